The molecule has 2 N–H and O–H groups in total. The second-order valence-corrected chi connectivity index (χ2v) is 6.21. The van der Waals surface area contributed by atoms with Crippen molar-refractivity contribution in [3.05, 3.63) is 18.5 Å². The zero-order valence-electron chi connectivity index (χ0n) is 13.0. The van der Waals surface area contributed by atoms with Gasteiger partial charge in [0.25, 0.3) is 0 Å². The molecule has 2 heterocycles. The highest BCUT2D eigenvalue weighted by Crippen LogP contribution is 2.22. The van der Waals surface area contributed by atoms with Crippen LogP contribution in [-0.4, -0.2) is 57.9 Å². The molecule has 22 heavy (non-hydrogen) atoms. The summed E-state index contributed by atoms with van der Waals surface area (Å²) < 4.78 is 10.9. The van der Waals surface area contributed by atoms with E-state index in [1.165, 1.54) is 18.5 Å². The highest BCUT2D eigenvalue weighted by Gasteiger charge is 2.35. The van der Waals surface area contributed by atoms with E-state index in [1.54, 1.807) is 4.90 Å². The molecule has 1 aromatic rings. The van der Waals surface area contributed by atoms with Crippen LogP contribution in [0.25, 0.3) is 0 Å². The summed E-state index contributed by atoms with van der Waals surface area (Å²) in [6.07, 6.45) is 3.33. The Morgan fingerprint density at radius 3 is 2.77 bits per heavy atom. The largest absolute Gasteiger partial charge is 0.492 e. The van der Waals surface area contributed by atoms with Crippen molar-refractivity contribution in [1.29, 1.82) is 0 Å². The first-order valence-electron chi connectivity index (χ1n) is 7.20. The highest BCUT2D eigenvalue weighted by atomic mass is 16.6. The van der Waals surface area contributed by atoms with Gasteiger partial charge in [-0.3, -0.25) is 4.98 Å². The lowest BCUT2D eigenvalue weighted by molar-refractivity contribution is -0.0141. The Labute approximate surface area is 130 Å². The molecule has 7 nitrogen and oxygen atoms in total. The van der Waals surface area contributed by atoms with Gasteiger partial charge in [0.2, 0.25) is 0 Å². The SMILES string of the molecule is CC(C)(C)OC(=O)N1CCC1COc1cnccc1B(O)O. The molecule has 0 saturated carbocycles. The molecule has 1 aliphatic rings. The Morgan fingerprint density at radius 1 is 1.50 bits per heavy atom. The van der Waals surface area contributed by atoms with E-state index >= 15 is 0 Å². The second-order valence-electron chi connectivity index (χ2n) is 6.21. The molecule has 1 amide bonds. The average molecular weight is 308 g/mol. The van der Waals surface area contributed by atoms with E-state index in [0.29, 0.717) is 12.3 Å². The maximum atomic E-state index is 12.0. The normalized spacial score (nSPS) is 17.7. The number of hydrogen-bond acceptors (Lipinski definition) is 6. The van der Waals surface area contributed by atoms with Crippen LogP contribution in [0.3, 0.4) is 0 Å². The number of carbonyl (C=O) groups is 1. The van der Waals surface area contributed by atoms with Gasteiger partial charge in [-0.1, -0.05) is 0 Å². The number of likely N-dealkylation sites (tertiary alicyclic amines) is 1. The Hall–Kier alpha value is -1.80. The molecule has 120 valence electrons. The summed E-state index contributed by atoms with van der Waals surface area (Å²) in [5, 5.41) is 18.5. The van der Waals surface area contributed by atoms with Crippen molar-refractivity contribution in [3.8, 4) is 5.75 Å². The van der Waals surface area contributed by atoms with Gasteiger partial charge in [0.15, 0.2) is 0 Å². The van der Waals surface area contributed by atoms with Crippen LogP contribution < -0.4 is 10.2 Å². The number of ether oxygens (including phenoxy) is 2. The van der Waals surface area contributed by atoms with Crippen LogP contribution >= 0.6 is 0 Å². The summed E-state index contributed by atoms with van der Waals surface area (Å²) in [5.41, 5.74) is -0.284. The highest BCUT2D eigenvalue weighted by molar-refractivity contribution is 6.59. The molecule has 1 fully saturated rings. The van der Waals surface area contributed by atoms with E-state index in [-0.39, 0.29) is 24.2 Å². The van der Waals surface area contributed by atoms with Gasteiger partial charge in [0.05, 0.1) is 12.2 Å². The molecule has 1 unspecified atom stereocenters. The minimum absolute atomic E-state index is 0.0845. The zero-order chi connectivity index (χ0) is 16.3. The van der Waals surface area contributed by atoms with Crippen molar-refractivity contribution in [2.45, 2.75) is 38.8 Å². The number of carbonyl (C=O) groups excluding carboxylic acids is 1. The van der Waals surface area contributed by atoms with Crippen molar-refractivity contribution in [2.75, 3.05) is 13.2 Å². The smallest absolute Gasteiger partial charge is 0.490 e. The fraction of sp³-hybridized carbons (Fsp3) is 0.571. The van der Waals surface area contributed by atoms with Crippen LogP contribution in [0.4, 0.5) is 4.79 Å². The summed E-state index contributed by atoms with van der Waals surface area (Å²) in [7, 11) is -1.62. The Kier molecular flexibility index (Phi) is 4.92. The molecule has 1 atom stereocenters. The zero-order valence-corrected chi connectivity index (χ0v) is 13.0. The molecule has 1 aromatic heterocycles. The fourth-order valence-corrected chi connectivity index (χ4v) is 2.09. The topological polar surface area (TPSA) is 92.1 Å². The summed E-state index contributed by atoms with van der Waals surface area (Å²) in [4.78, 5) is 17.5. The van der Waals surface area contributed by atoms with E-state index in [2.05, 4.69) is 4.98 Å². The molecule has 0 aromatic carbocycles. The van der Waals surface area contributed by atoms with E-state index in [1.807, 2.05) is 20.8 Å². The quantitative estimate of drug-likeness (QED) is 0.769. The maximum Gasteiger partial charge on any atom is 0.492 e. The lowest BCUT2D eigenvalue weighted by Crippen LogP contribution is -2.55. The van der Waals surface area contributed by atoms with E-state index in [0.717, 1.165) is 6.42 Å². The average Bonchev–Trinajstić information content (AvgIpc) is 2.35. The van der Waals surface area contributed by atoms with Crippen LogP contribution in [0.15, 0.2) is 18.5 Å². The Balaban J connectivity index is 1.91. The van der Waals surface area contributed by atoms with Crippen molar-refractivity contribution in [2.24, 2.45) is 0 Å². The van der Waals surface area contributed by atoms with Gasteiger partial charge in [-0.25, -0.2) is 4.79 Å². The van der Waals surface area contributed by atoms with Gasteiger partial charge in [0.1, 0.15) is 18.0 Å². The van der Waals surface area contributed by atoms with Crippen molar-refractivity contribution < 1.29 is 24.3 Å². The molecule has 0 spiro atoms. The third kappa shape index (κ3) is 4.11. The molecule has 2 rings (SSSR count). The maximum absolute atomic E-state index is 12.0. The first kappa shape index (κ1) is 16.6. The first-order valence-corrected chi connectivity index (χ1v) is 7.20. The Bertz CT molecular complexity index is 532. The minimum atomic E-state index is -1.62. The van der Waals surface area contributed by atoms with Gasteiger partial charge in [-0.15, -0.1) is 0 Å². The van der Waals surface area contributed by atoms with Crippen LogP contribution in [-0.2, 0) is 4.74 Å². The summed E-state index contributed by atoms with van der Waals surface area (Å²) in [6.45, 7) is 6.35. The van der Waals surface area contributed by atoms with Crippen molar-refractivity contribution >= 4 is 18.7 Å². The molecule has 0 radical (unpaired) electrons. The lowest BCUT2D eigenvalue weighted by atomic mass is 9.80. The van der Waals surface area contributed by atoms with Gasteiger partial charge < -0.3 is 24.4 Å². The van der Waals surface area contributed by atoms with Gasteiger partial charge in [-0.2, -0.15) is 0 Å². The monoisotopic (exact) mass is 308 g/mol. The molecule has 1 saturated heterocycles. The molecule has 0 aliphatic carbocycles. The number of nitrogens with zero attached hydrogens (tertiary/aromatic N) is 2. The summed E-state index contributed by atoms with van der Waals surface area (Å²) >= 11 is 0. The third-order valence-corrected chi connectivity index (χ3v) is 3.30. The van der Waals surface area contributed by atoms with Crippen LogP contribution in [0.2, 0.25) is 0 Å². The number of hydrogen-bond donors (Lipinski definition) is 2. The number of pyridine rings is 1. The molecule has 0 bridgehead atoms. The molecular formula is C14H21BN2O5. The van der Waals surface area contributed by atoms with Crippen molar-refractivity contribution in [1.82, 2.24) is 9.88 Å². The predicted molar refractivity (Wildman–Crippen MR) is 80.9 cm³/mol. The van der Waals surface area contributed by atoms with Gasteiger partial charge in [-0.05, 0) is 33.3 Å². The standard InChI is InChI=1S/C14H21BN2O5/c1-14(2,3)22-13(18)17-7-5-10(17)9-21-12-8-16-6-4-11(12)15(19)20/h4,6,8,10,19-20H,5,7,9H2,1-3H3. The molecular weight excluding hydrogens is 287 g/mol. The second kappa shape index (κ2) is 6.54. The van der Waals surface area contributed by atoms with E-state index in [4.69, 9.17) is 9.47 Å². The summed E-state index contributed by atoms with van der Waals surface area (Å²) in [6, 6.07) is 1.39. The number of aromatic nitrogens is 1. The predicted octanol–water partition coefficient (Wildman–Crippen LogP) is 0.150. The molecule has 8 heteroatoms. The number of amides is 1. The fourth-order valence-electron chi connectivity index (χ4n) is 2.09. The van der Waals surface area contributed by atoms with E-state index in [9.17, 15) is 14.8 Å². The van der Waals surface area contributed by atoms with Crippen LogP contribution in [0, 0.1) is 0 Å². The number of rotatable bonds is 4. The lowest BCUT2D eigenvalue weighted by Gasteiger charge is -2.41. The van der Waals surface area contributed by atoms with Gasteiger partial charge >= 0.3 is 13.2 Å². The van der Waals surface area contributed by atoms with Crippen molar-refractivity contribution in [3.63, 3.8) is 0 Å². The van der Waals surface area contributed by atoms with E-state index < -0.39 is 12.7 Å². The molecule has 1 aliphatic heterocycles. The summed E-state index contributed by atoms with van der Waals surface area (Å²) in [5.74, 6) is 0.300. The third-order valence-electron chi connectivity index (χ3n) is 3.30. The minimum Gasteiger partial charge on any atom is -0.490 e. The van der Waals surface area contributed by atoms with Crippen LogP contribution in [0.5, 0.6) is 5.75 Å². The van der Waals surface area contributed by atoms with Gasteiger partial charge in [0, 0.05) is 18.2 Å². The van der Waals surface area contributed by atoms with Crippen LogP contribution in [0.1, 0.15) is 27.2 Å². The Morgan fingerprint density at radius 2 is 2.23 bits per heavy atom. The first-order chi connectivity index (χ1) is 10.3.